The van der Waals surface area contributed by atoms with Gasteiger partial charge in [-0.2, -0.15) is 0 Å². The summed E-state index contributed by atoms with van der Waals surface area (Å²) in [6.07, 6.45) is 11.8. The predicted octanol–water partition coefficient (Wildman–Crippen LogP) is 3.56. The number of nitrogens with one attached hydrogen (secondary N) is 1. The monoisotopic (exact) mass is 299 g/mol. The van der Waals surface area contributed by atoms with E-state index >= 15 is 0 Å². The van der Waals surface area contributed by atoms with Crippen LogP contribution in [0.2, 0.25) is 0 Å². The van der Waals surface area contributed by atoms with Crippen molar-refractivity contribution in [1.82, 2.24) is 5.32 Å². The van der Waals surface area contributed by atoms with E-state index in [4.69, 9.17) is 4.74 Å². The zero-order chi connectivity index (χ0) is 15.2. The Kier molecular flexibility index (Phi) is 5.15. The third-order valence-corrected chi connectivity index (χ3v) is 4.59. The summed E-state index contributed by atoms with van der Waals surface area (Å²) in [7, 11) is 0. The number of carbonyl (C=O) groups is 1. The summed E-state index contributed by atoms with van der Waals surface area (Å²) in [5.41, 5.74) is 4.30. The molecule has 1 aromatic rings. The van der Waals surface area contributed by atoms with E-state index in [0.29, 0.717) is 0 Å². The second-order valence-corrected chi connectivity index (χ2v) is 6.28. The largest absolute Gasteiger partial charge is 0.484 e. The van der Waals surface area contributed by atoms with Crippen LogP contribution in [-0.2, 0) is 17.6 Å². The van der Waals surface area contributed by atoms with Gasteiger partial charge in [0.1, 0.15) is 5.75 Å². The standard InChI is InChI=1S/C19H25NO2/c21-19(20-12-11-15-5-2-1-3-6-15)14-22-18-10-9-16-7-4-8-17(16)13-18/h5,9-10,13H,1-4,6-8,11-12,14H2,(H,20,21). The van der Waals surface area contributed by atoms with E-state index in [1.165, 1.54) is 55.2 Å². The maximum absolute atomic E-state index is 11.8. The predicted molar refractivity (Wildman–Crippen MR) is 88.1 cm³/mol. The summed E-state index contributed by atoms with van der Waals surface area (Å²) in [6.45, 7) is 0.829. The number of ether oxygens (including phenoxy) is 1. The average molecular weight is 299 g/mol. The van der Waals surface area contributed by atoms with Gasteiger partial charge in [-0.25, -0.2) is 0 Å². The molecule has 0 spiro atoms. The molecule has 0 saturated carbocycles. The molecule has 118 valence electrons. The number of rotatable bonds is 6. The van der Waals surface area contributed by atoms with E-state index in [2.05, 4.69) is 23.5 Å². The number of hydrogen-bond donors (Lipinski definition) is 1. The molecule has 0 radical (unpaired) electrons. The lowest BCUT2D eigenvalue weighted by Crippen LogP contribution is -2.30. The molecule has 3 heteroatoms. The Labute approximate surface area is 132 Å². The van der Waals surface area contributed by atoms with Crippen LogP contribution in [0.4, 0.5) is 0 Å². The lowest BCUT2D eigenvalue weighted by atomic mass is 9.97. The first kappa shape index (κ1) is 15.1. The first-order valence-electron chi connectivity index (χ1n) is 8.50. The molecule has 0 atom stereocenters. The molecule has 0 fully saturated rings. The number of fused-ring (bicyclic) bond motifs is 1. The molecule has 0 saturated heterocycles. The van der Waals surface area contributed by atoms with Crippen LogP contribution in [0.1, 0.15) is 49.7 Å². The Hall–Kier alpha value is -1.77. The van der Waals surface area contributed by atoms with Crippen molar-refractivity contribution in [1.29, 1.82) is 0 Å². The molecule has 0 aliphatic heterocycles. The first-order chi connectivity index (χ1) is 10.8. The van der Waals surface area contributed by atoms with Gasteiger partial charge in [0.25, 0.3) is 5.91 Å². The highest BCUT2D eigenvalue weighted by Crippen LogP contribution is 2.26. The van der Waals surface area contributed by atoms with Gasteiger partial charge in [-0.05, 0) is 74.6 Å². The Balaban J connectivity index is 1.38. The second-order valence-electron chi connectivity index (χ2n) is 6.28. The minimum absolute atomic E-state index is 0.0306. The lowest BCUT2D eigenvalue weighted by molar-refractivity contribution is -0.123. The van der Waals surface area contributed by atoms with Crippen LogP contribution in [0.5, 0.6) is 5.75 Å². The quantitative estimate of drug-likeness (QED) is 0.816. The highest BCUT2D eigenvalue weighted by molar-refractivity contribution is 5.77. The number of allylic oxidation sites excluding steroid dienone is 1. The van der Waals surface area contributed by atoms with Crippen molar-refractivity contribution in [3.8, 4) is 5.75 Å². The van der Waals surface area contributed by atoms with Crippen LogP contribution < -0.4 is 10.1 Å². The minimum Gasteiger partial charge on any atom is -0.484 e. The zero-order valence-corrected chi connectivity index (χ0v) is 13.2. The van der Waals surface area contributed by atoms with E-state index in [1.807, 2.05) is 6.07 Å². The SMILES string of the molecule is O=C(COc1ccc2c(c1)CCC2)NCCC1=CCCCC1. The lowest BCUT2D eigenvalue weighted by Gasteiger charge is -2.13. The fraction of sp³-hybridized carbons (Fsp3) is 0.526. The van der Waals surface area contributed by atoms with Gasteiger partial charge < -0.3 is 10.1 Å². The topological polar surface area (TPSA) is 38.3 Å². The van der Waals surface area contributed by atoms with E-state index in [9.17, 15) is 4.79 Å². The summed E-state index contributed by atoms with van der Waals surface area (Å²) in [5.74, 6) is 0.780. The summed E-state index contributed by atoms with van der Waals surface area (Å²) < 4.78 is 5.61. The number of aryl methyl sites for hydroxylation is 2. The maximum Gasteiger partial charge on any atom is 0.257 e. The van der Waals surface area contributed by atoms with E-state index in [-0.39, 0.29) is 12.5 Å². The van der Waals surface area contributed by atoms with Gasteiger partial charge in [-0.3, -0.25) is 4.79 Å². The second kappa shape index (κ2) is 7.48. The number of amides is 1. The van der Waals surface area contributed by atoms with E-state index in [1.54, 1.807) is 0 Å². The highest BCUT2D eigenvalue weighted by Gasteiger charge is 2.12. The Morgan fingerprint density at radius 3 is 2.86 bits per heavy atom. The molecular weight excluding hydrogens is 274 g/mol. The fourth-order valence-electron chi connectivity index (χ4n) is 3.33. The van der Waals surface area contributed by atoms with Crippen LogP contribution in [0, 0.1) is 0 Å². The molecule has 2 aliphatic carbocycles. The maximum atomic E-state index is 11.8. The van der Waals surface area contributed by atoms with Crippen molar-refractivity contribution in [2.24, 2.45) is 0 Å². The molecule has 3 rings (SSSR count). The van der Waals surface area contributed by atoms with Gasteiger partial charge in [0, 0.05) is 6.54 Å². The van der Waals surface area contributed by atoms with Crippen LogP contribution >= 0.6 is 0 Å². The van der Waals surface area contributed by atoms with Crippen LogP contribution in [0.25, 0.3) is 0 Å². The molecule has 0 bridgehead atoms. The molecule has 1 amide bonds. The van der Waals surface area contributed by atoms with Crippen molar-refractivity contribution in [2.45, 2.75) is 51.4 Å². The van der Waals surface area contributed by atoms with Crippen LogP contribution in [0.15, 0.2) is 29.8 Å². The first-order valence-corrected chi connectivity index (χ1v) is 8.50. The molecule has 22 heavy (non-hydrogen) atoms. The third-order valence-electron chi connectivity index (χ3n) is 4.59. The third kappa shape index (κ3) is 4.12. The van der Waals surface area contributed by atoms with Crippen LogP contribution in [-0.4, -0.2) is 19.1 Å². The zero-order valence-electron chi connectivity index (χ0n) is 13.2. The van der Waals surface area contributed by atoms with E-state index in [0.717, 1.165) is 25.1 Å². The molecule has 0 aromatic heterocycles. The fourth-order valence-corrected chi connectivity index (χ4v) is 3.33. The summed E-state index contributed by atoms with van der Waals surface area (Å²) in [5, 5.41) is 2.95. The Morgan fingerprint density at radius 1 is 1.09 bits per heavy atom. The van der Waals surface area contributed by atoms with Gasteiger partial charge in [0.2, 0.25) is 0 Å². The van der Waals surface area contributed by atoms with Gasteiger partial charge in [-0.15, -0.1) is 0 Å². The van der Waals surface area contributed by atoms with Crippen molar-refractivity contribution >= 4 is 5.91 Å². The summed E-state index contributed by atoms with van der Waals surface area (Å²) in [6, 6.07) is 6.19. The van der Waals surface area contributed by atoms with E-state index < -0.39 is 0 Å². The van der Waals surface area contributed by atoms with Crippen molar-refractivity contribution in [2.75, 3.05) is 13.2 Å². The van der Waals surface area contributed by atoms with Gasteiger partial charge in [0.15, 0.2) is 6.61 Å². The van der Waals surface area contributed by atoms with Gasteiger partial charge in [0.05, 0.1) is 0 Å². The molecule has 1 N–H and O–H groups in total. The Bertz CT molecular complexity index is 563. The Morgan fingerprint density at radius 2 is 2.00 bits per heavy atom. The normalized spacial score (nSPS) is 16.8. The number of benzene rings is 1. The number of hydrogen-bond acceptors (Lipinski definition) is 2. The highest BCUT2D eigenvalue weighted by atomic mass is 16.5. The molecule has 3 nitrogen and oxygen atoms in total. The smallest absolute Gasteiger partial charge is 0.257 e. The van der Waals surface area contributed by atoms with Crippen LogP contribution in [0.3, 0.4) is 0 Å². The number of carbonyl (C=O) groups excluding carboxylic acids is 1. The summed E-state index contributed by atoms with van der Waals surface area (Å²) >= 11 is 0. The minimum atomic E-state index is -0.0306. The molecule has 1 aromatic carbocycles. The average Bonchev–Trinajstić information content (AvgIpc) is 3.01. The van der Waals surface area contributed by atoms with Gasteiger partial charge >= 0.3 is 0 Å². The molecule has 0 unspecified atom stereocenters. The van der Waals surface area contributed by atoms with Crippen molar-refractivity contribution in [3.05, 3.63) is 41.0 Å². The van der Waals surface area contributed by atoms with Crippen molar-refractivity contribution in [3.63, 3.8) is 0 Å². The van der Waals surface area contributed by atoms with Crippen molar-refractivity contribution < 1.29 is 9.53 Å². The molecule has 0 heterocycles. The summed E-state index contributed by atoms with van der Waals surface area (Å²) in [4.78, 5) is 11.8. The molecule has 2 aliphatic rings. The van der Waals surface area contributed by atoms with Gasteiger partial charge in [-0.1, -0.05) is 17.7 Å². The molecular formula is C19H25NO2.